The number of rotatable bonds is 5. The Morgan fingerprint density at radius 2 is 1.83 bits per heavy atom. The largest absolute Gasteiger partial charge is 0.444 e. The molecule has 5 nitrogen and oxygen atoms in total. The van der Waals surface area contributed by atoms with Crippen molar-refractivity contribution in [2.24, 2.45) is 0 Å². The van der Waals surface area contributed by atoms with Crippen molar-refractivity contribution in [3.63, 3.8) is 0 Å². The number of anilines is 1. The molecule has 29 heavy (non-hydrogen) atoms. The van der Waals surface area contributed by atoms with Crippen molar-refractivity contribution in [3.8, 4) is 0 Å². The molecule has 0 aliphatic carbocycles. The number of fused-ring (bicyclic) bond motifs is 1. The van der Waals surface area contributed by atoms with E-state index in [1.54, 1.807) is 37.8 Å². The van der Waals surface area contributed by atoms with Crippen LogP contribution in [0, 0.1) is 5.82 Å². The molecule has 1 unspecified atom stereocenters. The van der Waals surface area contributed by atoms with Gasteiger partial charge in [-0.2, -0.15) is 0 Å². The van der Waals surface area contributed by atoms with E-state index in [9.17, 15) is 14.0 Å². The number of benzene rings is 2. The van der Waals surface area contributed by atoms with Gasteiger partial charge in [0, 0.05) is 17.0 Å². The molecule has 0 spiro atoms. The van der Waals surface area contributed by atoms with Crippen LogP contribution in [0.1, 0.15) is 39.7 Å². The highest BCUT2D eigenvalue weighted by Crippen LogP contribution is 2.50. The monoisotopic (exact) mass is 416 g/mol. The predicted molar refractivity (Wildman–Crippen MR) is 112 cm³/mol. The van der Waals surface area contributed by atoms with Crippen molar-refractivity contribution in [2.45, 2.75) is 49.5 Å². The number of nitrogens with zero attached hydrogens (tertiary/aromatic N) is 1. The zero-order valence-electron chi connectivity index (χ0n) is 17.0. The summed E-state index contributed by atoms with van der Waals surface area (Å²) in [7, 11) is 0. The second kappa shape index (κ2) is 8.06. The van der Waals surface area contributed by atoms with Gasteiger partial charge in [0.2, 0.25) is 4.87 Å². The van der Waals surface area contributed by atoms with E-state index < -0.39 is 16.6 Å². The molecule has 2 amide bonds. The lowest BCUT2D eigenvalue weighted by atomic mass is 10.1. The highest BCUT2D eigenvalue weighted by molar-refractivity contribution is 8.01. The summed E-state index contributed by atoms with van der Waals surface area (Å²) in [4.78, 5) is 27.3. The molecule has 1 aliphatic heterocycles. The highest BCUT2D eigenvalue weighted by Gasteiger charge is 2.53. The van der Waals surface area contributed by atoms with E-state index in [0.717, 1.165) is 12.1 Å². The number of hydrogen-bond donors (Lipinski definition) is 1. The van der Waals surface area contributed by atoms with Crippen LogP contribution in [0.25, 0.3) is 0 Å². The maximum Gasteiger partial charge on any atom is 0.409 e. The topological polar surface area (TPSA) is 58.6 Å². The second-order valence-electron chi connectivity index (χ2n) is 7.84. The van der Waals surface area contributed by atoms with Crippen molar-refractivity contribution in [3.05, 3.63) is 59.9 Å². The summed E-state index contributed by atoms with van der Waals surface area (Å²) in [5, 5.41) is 2.82. The van der Waals surface area contributed by atoms with Crippen LogP contribution in [0.4, 0.5) is 14.9 Å². The van der Waals surface area contributed by atoms with E-state index in [1.165, 1.54) is 23.9 Å². The van der Waals surface area contributed by atoms with Crippen molar-refractivity contribution in [1.82, 2.24) is 5.32 Å². The number of amides is 2. The molecule has 1 N–H and O–H groups in total. The van der Waals surface area contributed by atoms with Gasteiger partial charge in [0.15, 0.2) is 0 Å². The Kier molecular flexibility index (Phi) is 5.89. The van der Waals surface area contributed by atoms with Gasteiger partial charge in [-0.1, -0.05) is 36.9 Å². The quantitative estimate of drug-likeness (QED) is 0.693. The van der Waals surface area contributed by atoms with E-state index >= 15 is 0 Å². The number of hydrogen-bond acceptors (Lipinski definition) is 4. The second-order valence-corrected chi connectivity index (χ2v) is 9.13. The standard InChI is InChI=1S/C22H25FN2O3S/c1-5-14-25-18-9-7-6-8-17(18)22(19(25)26,24-20(27)28-21(2,3)4)29-16-12-10-15(23)11-13-16/h6-13H,5,14H2,1-4H3,(H,24,27). The predicted octanol–water partition coefficient (Wildman–Crippen LogP) is 5.05. The Bertz CT molecular complexity index is 911. The number of alkyl carbamates (subject to hydrolysis) is 1. The first-order valence-corrected chi connectivity index (χ1v) is 10.3. The van der Waals surface area contributed by atoms with Gasteiger partial charge in [0.05, 0.1) is 5.69 Å². The molecule has 2 aromatic rings. The first-order chi connectivity index (χ1) is 13.7. The molecular weight excluding hydrogens is 391 g/mol. The summed E-state index contributed by atoms with van der Waals surface area (Å²) < 4.78 is 18.8. The lowest BCUT2D eigenvalue weighted by molar-refractivity contribution is -0.121. The number of halogens is 1. The van der Waals surface area contributed by atoms with Crippen LogP contribution < -0.4 is 10.2 Å². The Labute approximate surface area is 174 Å². The molecule has 0 fully saturated rings. The van der Waals surface area contributed by atoms with Crippen molar-refractivity contribution in [2.75, 3.05) is 11.4 Å². The lowest BCUT2D eigenvalue weighted by Crippen LogP contribution is -2.52. The number of ether oxygens (including phenoxy) is 1. The van der Waals surface area contributed by atoms with Crippen molar-refractivity contribution < 1.29 is 18.7 Å². The van der Waals surface area contributed by atoms with Gasteiger partial charge in [-0.25, -0.2) is 9.18 Å². The molecule has 3 rings (SSSR count). The zero-order valence-corrected chi connectivity index (χ0v) is 17.8. The van der Waals surface area contributed by atoms with E-state index in [2.05, 4.69) is 5.32 Å². The molecule has 0 saturated heterocycles. The lowest BCUT2D eigenvalue weighted by Gasteiger charge is -2.30. The molecule has 2 aromatic carbocycles. The van der Waals surface area contributed by atoms with Gasteiger partial charge < -0.3 is 9.64 Å². The Morgan fingerprint density at radius 1 is 1.17 bits per heavy atom. The molecule has 0 aromatic heterocycles. The zero-order chi connectivity index (χ0) is 21.2. The number of para-hydroxylation sites is 1. The Balaban J connectivity index is 2.08. The van der Waals surface area contributed by atoms with Crippen LogP contribution in [0.2, 0.25) is 0 Å². The summed E-state index contributed by atoms with van der Waals surface area (Å²) in [5.74, 6) is -0.616. The number of carbonyl (C=O) groups excluding carboxylic acids is 2. The van der Waals surface area contributed by atoms with Crippen LogP contribution in [0.5, 0.6) is 0 Å². The molecule has 0 radical (unpaired) electrons. The third-order valence-electron chi connectivity index (χ3n) is 4.33. The highest BCUT2D eigenvalue weighted by atomic mass is 32.2. The summed E-state index contributed by atoms with van der Waals surface area (Å²) in [6, 6.07) is 13.2. The molecule has 0 saturated carbocycles. The van der Waals surface area contributed by atoms with Gasteiger partial charge in [0.1, 0.15) is 11.4 Å². The summed E-state index contributed by atoms with van der Waals surface area (Å²) >= 11 is 1.17. The third kappa shape index (κ3) is 4.40. The molecule has 0 bridgehead atoms. The minimum absolute atomic E-state index is 0.249. The van der Waals surface area contributed by atoms with Crippen LogP contribution in [0.15, 0.2) is 53.4 Å². The van der Waals surface area contributed by atoms with Crippen LogP contribution in [-0.2, 0) is 14.4 Å². The molecule has 1 atom stereocenters. The smallest absolute Gasteiger partial charge is 0.409 e. The van der Waals surface area contributed by atoms with Gasteiger partial charge in [-0.3, -0.25) is 10.1 Å². The number of thioether (sulfide) groups is 1. The Hall–Kier alpha value is -2.54. The van der Waals surface area contributed by atoms with Gasteiger partial charge >= 0.3 is 6.09 Å². The molecular formula is C22H25FN2O3S. The average Bonchev–Trinajstić information content (AvgIpc) is 2.85. The van der Waals surface area contributed by atoms with Gasteiger partial charge in [-0.15, -0.1) is 0 Å². The minimum atomic E-state index is -1.40. The van der Waals surface area contributed by atoms with Crippen LogP contribution in [-0.4, -0.2) is 24.1 Å². The summed E-state index contributed by atoms with van der Waals surface area (Å²) in [6.07, 6.45) is 0.0812. The number of nitrogens with one attached hydrogen (secondary N) is 1. The van der Waals surface area contributed by atoms with E-state index in [0.29, 0.717) is 17.0 Å². The third-order valence-corrected chi connectivity index (χ3v) is 5.64. The first-order valence-electron chi connectivity index (χ1n) is 9.53. The molecule has 1 heterocycles. The Morgan fingerprint density at radius 3 is 2.45 bits per heavy atom. The maximum absolute atomic E-state index is 13.6. The number of carbonyl (C=O) groups is 2. The van der Waals surface area contributed by atoms with E-state index in [1.807, 2.05) is 31.2 Å². The normalized spacial score (nSPS) is 18.5. The SMILES string of the molecule is CCCN1C(=O)C(NC(=O)OC(C)(C)C)(Sc2ccc(F)cc2)c2ccccc21. The van der Waals surface area contributed by atoms with Gasteiger partial charge in [0.25, 0.3) is 5.91 Å². The van der Waals surface area contributed by atoms with Gasteiger partial charge in [-0.05, 0) is 57.5 Å². The fourth-order valence-electron chi connectivity index (χ4n) is 3.24. The van der Waals surface area contributed by atoms with E-state index in [4.69, 9.17) is 4.74 Å². The fraction of sp³-hybridized carbons (Fsp3) is 0.364. The minimum Gasteiger partial charge on any atom is -0.444 e. The van der Waals surface area contributed by atoms with Crippen LogP contribution >= 0.6 is 11.8 Å². The van der Waals surface area contributed by atoms with Crippen LogP contribution in [0.3, 0.4) is 0 Å². The summed E-state index contributed by atoms with van der Waals surface area (Å²) in [6.45, 7) is 7.81. The molecule has 154 valence electrons. The van der Waals surface area contributed by atoms with Crippen molar-refractivity contribution in [1.29, 1.82) is 0 Å². The molecule has 1 aliphatic rings. The first kappa shape index (κ1) is 21.2. The van der Waals surface area contributed by atoms with Crippen molar-refractivity contribution >= 4 is 29.4 Å². The fourth-order valence-corrected chi connectivity index (χ4v) is 4.48. The van der Waals surface area contributed by atoms with E-state index in [-0.39, 0.29) is 11.7 Å². The maximum atomic E-state index is 13.6. The molecule has 7 heteroatoms. The summed E-state index contributed by atoms with van der Waals surface area (Å²) in [5.41, 5.74) is 0.722. The average molecular weight is 417 g/mol.